The Labute approximate surface area is 136 Å². The molecule has 116 valence electrons. The Morgan fingerprint density at radius 2 is 2.13 bits per heavy atom. The SMILES string of the molecule is Cc1nc2c(c(=O)[nH]1)CN(c1ncnc3sc4c(c13)CCC4)C2. The van der Waals surface area contributed by atoms with Crippen LogP contribution in [0.2, 0.25) is 0 Å². The van der Waals surface area contributed by atoms with Gasteiger partial charge in [-0.15, -0.1) is 11.3 Å². The summed E-state index contributed by atoms with van der Waals surface area (Å²) < 4.78 is 0. The minimum Gasteiger partial charge on any atom is -0.345 e. The molecule has 5 rings (SSSR count). The molecule has 3 aromatic rings. The third-order valence-electron chi connectivity index (χ3n) is 4.69. The number of rotatable bonds is 1. The monoisotopic (exact) mass is 325 g/mol. The largest absolute Gasteiger partial charge is 0.345 e. The maximum atomic E-state index is 12.2. The highest BCUT2D eigenvalue weighted by atomic mass is 32.1. The molecule has 7 heteroatoms. The fourth-order valence-electron chi connectivity index (χ4n) is 3.69. The summed E-state index contributed by atoms with van der Waals surface area (Å²) in [4.78, 5) is 33.1. The van der Waals surface area contributed by atoms with Gasteiger partial charge in [0.15, 0.2) is 0 Å². The van der Waals surface area contributed by atoms with Crippen LogP contribution in [0.4, 0.5) is 5.82 Å². The lowest BCUT2D eigenvalue weighted by atomic mass is 10.2. The normalized spacial score (nSPS) is 16.1. The van der Waals surface area contributed by atoms with Crippen LogP contribution in [0.25, 0.3) is 10.2 Å². The maximum Gasteiger partial charge on any atom is 0.256 e. The van der Waals surface area contributed by atoms with Gasteiger partial charge >= 0.3 is 0 Å². The number of aryl methyl sites for hydroxylation is 3. The van der Waals surface area contributed by atoms with Crippen LogP contribution in [0.5, 0.6) is 0 Å². The van der Waals surface area contributed by atoms with Gasteiger partial charge in [0.2, 0.25) is 0 Å². The fraction of sp³-hybridized carbons (Fsp3) is 0.375. The van der Waals surface area contributed by atoms with Gasteiger partial charge in [0.25, 0.3) is 5.56 Å². The van der Waals surface area contributed by atoms with Gasteiger partial charge in [0, 0.05) is 4.88 Å². The Bertz CT molecular complexity index is 1010. The van der Waals surface area contributed by atoms with Gasteiger partial charge in [-0.3, -0.25) is 4.79 Å². The molecule has 0 atom stereocenters. The zero-order valence-corrected chi connectivity index (χ0v) is 13.5. The maximum absolute atomic E-state index is 12.2. The Morgan fingerprint density at radius 3 is 3.04 bits per heavy atom. The van der Waals surface area contributed by atoms with Gasteiger partial charge in [0.05, 0.1) is 29.7 Å². The van der Waals surface area contributed by atoms with E-state index < -0.39 is 0 Å². The average Bonchev–Trinajstić information content (AvgIpc) is 3.18. The molecule has 0 amide bonds. The van der Waals surface area contributed by atoms with E-state index in [4.69, 9.17) is 0 Å². The molecule has 0 radical (unpaired) electrons. The van der Waals surface area contributed by atoms with Gasteiger partial charge in [-0.25, -0.2) is 15.0 Å². The van der Waals surface area contributed by atoms with Crippen LogP contribution in [-0.2, 0) is 25.9 Å². The van der Waals surface area contributed by atoms with E-state index >= 15 is 0 Å². The standard InChI is InChI=1S/C16H15N5OS/c1-8-19-11-6-21(5-10(11)15(22)20-8)14-13-9-3-2-4-12(9)23-16(13)18-7-17-14/h7H,2-6H2,1H3,(H,19,20,22). The van der Waals surface area contributed by atoms with Crippen molar-refractivity contribution in [3.05, 3.63) is 44.2 Å². The van der Waals surface area contributed by atoms with E-state index in [9.17, 15) is 4.79 Å². The second kappa shape index (κ2) is 4.61. The molecule has 0 bridgehead atoms. The van der Waals surface area contributed by atoms with Crippen molar-refractivity contribution in [2.45, 2.75) is 39.3 Å². The highest BCUT2D eigenvalue weighted by Crippen LogP contribution is 2.41. The number of thiophene rings is 1. The molecule has 1 N–H and O–H groups in total. The smallest absolute Gasteiger partial charge is 0.256 e. The van der Waals surface area contributed by atoms with Gasteiger partial charge in [0.1, 0.15) is 22.8 Å². The number of hydrogen-bond donors (Lipinski definition) is 1. The summed E-state index contributed by atoms with van der Waals surface area (Å²) in [5.74, 6) is 1.62. The van der Waals surface area contributed by atoms with E-state index in [1.165, 1.54) is 22.2 Å². The van der Waals surface area contributed by atoms with Crippen LogP contribution >= 0.6 is 11.3 Å². The summed E-state index contributed by atoms with van der Waals surface area (Å²) in [5.41, 5.74) is 3.00. The highest BCUT2D eigenvalue weighted by molar-refractivity contribution is 7.19. The molecule has 0 saturated carbocycles. The topological polar surface area (TPSA) is 74.8 Å². The van der Waals surface area contributed by atoms with Crippen molar-refractivity contribution in [1.82, 2.24) is 19.9 Å². The van der Waals surface area contributed by atoms with Crippen LogP contribution in [0.1, 0.15) is 33.9 Å². The number of nitrogens with zero attached hydrogens (tertiary/aromatic N) is 4. The van der Waals surface area contributed by atoms with E-state index in [1.54, 1.807) is 17.7 Å². The number of aromatic nitrogens is 4. The van der Waals surface area contributed by atoms with Crippen molar-refractivity contribution in [2.24, 2.45) is 0 Å². The van der Waals surface area contributed by atoms with Gasteiger partial charge in [-0.05, 0) is 31.7 Å². The van der Waals surface area contributed by atoms with E-state index in [1.807, 2.05) is 6.92 Å². The predicted molar refractivity (Wildman–Crippen MR) is 88.9 cm³/mol. The Balaban J connectivity index is 1.66. The summed E-state index contributed by atoms with van der Waals surface area (Å²) in [6.07, 6.45) is 5.10. The molecular weight excluding hydrogens is 310 g/mol. The molecule has 0 unspecified atom stereocenters. The molecule has 1 aliphatic carbocycles. The summed E-state index contributed by atoms with van der Waals surface area (Å²) in [6, 6.07) is 0. The first-order valence-electron chi connectivity index (χ1n) is 7.79. The van der Waals surface area contributed by atoms with Crippen LogP contribution < -0.4 is 10.5 Å². The predicted octanol–water partition coefficient (Wildman–Crippen LogP) is 2.09. The minimum atomic E-state index is -0.0316. The zero-order chi connectivity index (χ0) is 15.6. The van der Waals surface area contributed by atoms with Crippen molar-refractivity contribution in [1.29, 1.82) is 0 Å². The lowest BCUT2D eigenvalue weighted by Crippen LogP contribution is -2.19. The minimum absolute atomic E-state index is 0.0316. The highest BCUT2D eigenvalue weighted by Gasteiger charge is 2.29. The van der Waals surface area contributed by atoms with Gasteiger partial charge in [-0.1, -0.05) is 0 Å². The molecule has 6 nitrogen and oxygen atoms in total. The first kappa shape index (κ1) is 13.2. The summed E-state index contributed by atoms with van der Waals surface area (Å²) in [5, 5.41) is 1.19. The van der Waals surface area contributed by atoms with Crippen molar-refractivity contribution in [3.63, 3.8) is 0 Å². The molecule has 23 heavy (non-hydrogen) atoms. The molecule has 3 aromatic heterocycles. The molecule has 0 spiro atoms. The third kappa shape index (κ3) is 1.86. The van der Waals surface area contributed by atoms with Crippen LogP contribution in [-0.4, -0.2) is 19.9 Å². The molecule has 0 saturated heterocycles. The number of H-pyrrole nitrogens is 1. The van der Waals surface area contributed by atoms with Crippen molar-refractivity contribution >= 4 is 27.4 Å². The van der Waals surface area contributed by atoms with E-state index in [0.717, 1.165) is 34.7 Å². The molecule has 4 heterocycles. The number of fused-ring (bicyclic) bond motifs is 4. The van der Waals surface area contributed by atoms with Crippen LogP contribution in [0.15, 0.2) is 11.1 Å². The summed E-state index contributed by atoms with van der Waals surface area (Å²) >= 11 is 1.79. The first-order chi connectivity index (χ1) is 11.2. The fourth-order valence-corrected chi connectivity index (χ4v) is 4.92. The molecular formula is C16H15N5OS. The average molecular weight is 325 g/mol. The van der Waals surface area contributed by atoms with Crippen molar-refractivity contribution in [2.75, 3.05) is 4.90 Å². The molecule has 1 aliphatic heterocycles. The van der Waals surface area contributed by atoms with Crippen molar-refractivity contribution < 1.29 is 0 Å². The summed E-state index contributed by atoms with van der Waals surface area (Å²) in [7, 11) is 0. The Hall–Kier alpha value is -2.28. The van der Waals surface area contributed by atoms with E-state index in [0.29, 0.717) is 18.9 Å². The quantitative estimate of drug-likeness (QED) is 0.741. The third-order valence-corrected chi connectivity index (χ3v) is 5.89. The van der Waals surface area contributed by atoms with Gasteiger partial charge in [-0.2, -0.15) is 0 Å². The Morgan fingerprint density at radius 1 is 1.22 bits per heavy atom. The van der Waals surface area contributed by atoms with E-state index in [-0.39, 0.29) is 5.56 Å². The number of anilines is 1. The lowest BCUT2D eigenvalue weighted by Gasteiger charge is -2.17. The molecule has 0 fully saturated rings. The van der Waals surface area contributed by atoms with Crippen LogP contribution in [0.3, 0.4) is 0 Å². The number of hydrogen-bond acceptors (Lipinski definition) is 6. The van der Waals surface area contributed by atoms with Crippen LogP contribution in [0, 0.1) is 6.92 Å². The Kier molecular flexibility index (Phi) is 2.64. The number of aromatic amines is 1. The van der Waals surface area contributed by atoms with Crippen molar-refractivity contribution in [3.8, 4) is 0 Å². The molecule has 0 aromatic carbocycles. The van der Waals surface area contributed by atoms with E-state index in [2.05, 4.69) is 24.8 Å². The molecule has 2 aliphatic rings. The second-order valence-electron chi connectivity index (χ2n) is 6.17. The zero-order valence-electron chi connectivity index (χ0n) is 12.7. The number of nitrogens with one attached hydrogen (secondary N) is 1. The van der Waals surface area contributed by atoms with Gasteiger partial charge < -0.3 is 9.88 Å². The lowest BCUT2D eigenvalue weighted by molar-refractivity contribution is 0.847. The second-order valence-corrected chi connectivity index (χ2v) is 7.25. The summed E-state index contributed by atoms with van der Waals surface area (Å²) in [6.45, 7) is 3.02. The first-order valence-corrected chi connectivity index (χ1v) is 8.61.